The predicted molar refractivity (Wildman–Crippen MR) is 94.4 cm³/mol. The molecule has 1 aromatic heterocycles. The van der Waals surface area contributed by atoms with Gasteiger partial charge in [0.15, 0.2) is 5.78 Å². The van der Waals surface area contributed by atoms with Crippen LogP contribution in [0.2, 0.25) is 0 Å². The molecule has 150 valence electrons. The summed E-state index contributed by atoms with van der Waals surface area (Å²) in [5.74, 6) is -1.66. The molecule has 0 atom stereocenters. The number of hydrogen-bond acceptors (Lipinski definition) is 5. The number of benzene rings is 1. The summed E-state index contributed by atoms with van der Waals surface area (Å²) in [5, 5.41) is 21.7. The van der Waals surface area contributed by atoms with Crippen molar-refractivity contribution >= 4 is 29.2 Å². The van der Waals surface area contributed by atoms with Crippen molar-refractivity contribution < 1.29 is 32.7 Å². The van der Waals surface area contributed by atoms with Gasteiger partial charge in [-0.05, 0) is 36.8 Å². The molecule has 0 saturated heterocycles. The number of Topliss-reactive ketones (excluding diaryl/α,β-unsaturated/α-hetero) is 1. The summed E-state index contributed by atoms with van der Waals surface area (Å²) in [7, 11) is 0. The molecule has 1 aromatic carbocycles. The molecule has 29 heavy (non-hydrogen) atoms. The molecule has 0 aliphatic rings. The molecule has 3 N–H and O–H groups in total. The first kappa shape index (κ1) is 21.4. The number of rotatable bonds is 5. The molecule has 0 radical (unpaired) electrons. The molecular weight excluding hydrogens is 393 g/mol. The van der Waals surface area contributed by atoms with Gasteiger partial charge in [0.2, 0.25) is 5.91 Å². The van der Waals surface area contributed by atoms with Gasteiger partial charge in [0.05, 0.1) is 23.4 Å². The predicted octanol–water partition coefficient (Wildman–Crippen LogP) is 3.58. The Bertz CT molecular complexity index is 1030. The molecule has 8 nitrogen and oxygen atoms in total. The Morgan fingerprint density at radius 1 is 1.17 bits per heavy atom. The standard InChI is InChI=1S/C18H13F3N4O4/c1-9-4-13(25-17(28)29)14(6-12(9)18(19,20)21)24-16(27)7-15(26)10-2-3-23-11(5-10)8-22/h2-6,25H,7H2,1H3,(H,24,27)(H,28,29). The van der Waals surface area contributed by atoms with Crippen LogP contribution in [0.15, 0.2) is 30.5 Å². The Labute approximate surface area is 162 Å². The maximum atomic E-state index is 13.1. The van der Waals surface area contributed by atoms with Gasteiger partial charge in [-0.2, -0.15) is 18.4 Å². The summed E-state index contributed by atoms with van der Waals surface area (Å²) in [4.78, 5) is 38.9. The maximum absolute atomic E-state index is 13.1. The number of pyridine rings is 1. The third-order valence-electron chi connectivity index (χ3n) is 3.70. The van der Waals surface area contributed by atoms with Gasteiger partial charge in [-0.25, -0.2) is 9.78 Å². The first-order valence-corrected chi connectivity index (χ1v) is 7.92. The van der Waals surface area contributed by atoms with E-state index in [-0.39, 0.29) is 22.5 Å². The molecule has 0 saturated carbocycles. The van der Waals surface area contributed by atoms with E-state index in [0.717, 1.165) is 13.0 Å². The molecule has 2 rings (SSSR count). The molecule has 2 aromatic rings. The van der Waals surface area contributed by atoms with Crippen LogP contribution in [0.4, 0.5) is 29.3 Å². The molecule has 2 amide bonds. The second-order valence-electron chi connectivity index (χ2n) is 5.83. The summed E-state index contributed by atoms with van der Waals surface area (Å²) in [6.07, 6.45) is -5.81. The fourth-order valence-corrected chi connectivity index (χ4v) is 2.44. The first-order valence-electron chi connectivity index (χ1n) is 7.92. The van der Waals surface area contributed by atoms with Crippen LogP contribution in [-0.4, -0.2) is 27.9 Å². The number of alkyl halides is 3. The Morgan fingerprint density at radius 3 is 2.41 bits per heavy atom. The molecule has 1 heterocycles. The highest BCUT2D eigenvalue weighted by molar-refractivity contribution is 6.12. The minimum atomic E-state index is -4.73. The number of nitrogens with one attached hydrogen (secondary N) is 2. The van der Waals surface area contributed by atoms with E-state index in [1.54, 1.807) is 6.07 Å². The highest BCUT2D eigenvalue weighted by Gasteiger charge is 2.33. The van der Waals surface area contributed by atoms with Crippen molar-refractivity contribution in [1.82, 2.24) is 4.98 Å². The van der Waals surface area contributed by atoms with Crippen molar-refractivity contribution in [1.29, 1.82) is 5.26 Å². The monoisotopic (exact) mass is 406 g/mol. The number of aryl methyl sites for hydroxylation is 1. The number of nitriles is 1. The minimum Gasteiger partial charge on any atom is -0.465 e. The van der Waals surface area contributed by atoms with E-state index in [9.17, 15) is 27.6 Å². The van der Waals surface area contributed by atoms with E-state index in [1.807, 2.05) is 5.32 Å². The van der Waals surface area contributed by atoms with E-state index in [1.165, 1.54) is 18.3 Å². The lowest BCUT2D eigenvalue weighted by molar-refractivity contribution is -0.138. The molecule has 0 aliphatic carbocycles. The molecule has 0 fully saturated rings. The van der Waals surface area contributed by atoms with Crippen molar-refractivity contribution in [3.8, 4) is 6.07 Å². The lowest BCUT2D eigenvalue weighted by atomic mass is 10.0. The van der Waals surface area contributed by atoms with E-state index in [0.29, 0.717) is 6.07 Å². The SMILES string of the molecule is Cc1cc(NC(=O)O)c(NC(=O)CC(=O)c2ccnc(C#N)c2)cc1C(F)(F)F. The van der Waals surface area contributed by atoms with Gasteiger partial charge >= 0.3 is 12.3 Å². The Morgan fingerprint density at radius 2 is 1.83 bits per heavy atom. The van der Waals surface area contributed by atoms with Gasteiger partial charge < -0.3 is 10.4 Å². The Balaban J connectivity index is 2.28. The number of aromatic nitrogens is 1. The summed E-state index contributed by atoms with van der Waals surface area (Å²) in [6, 6.07) is 5.69. The van der Waals surface area contributed by atoms with E-state index in [4.69, 9.17) is 10.4 Å². The molecule has 0 unspecified atom stereocenters. The highest BCUT2D eigenvalue weighted by Crippen LogP contribution is 2.37. The zero-order valence-corrected chi connectivity index (χ0v) is 14.8. The Hall–Kier alpha value is -3.94. The van der Waals surface area contributed by atoms with Crippen molar-refractivity contribution in [3.05, 3.63) is 52.8 Å². The highest BCUT2D eigenvalue weighted by atomic mass is 19.4. The lowest BCUT2D eigenvalue weighted by Gasteiger charge is -2.17. The molecule has 0 aliphatic heterocycles. The van der Waals surface area contributed by atoms with Gasteiger partial charge in [-0.15, -0.1) is 0 Å². The van der Waals surface area contributed by atoms with Crippen LogP contribution in [-0.2, 0) is 11.0 Å². The normalized spacial score (nSPS) is 10.7. The fourth-order valence-electron chi connectivity index (χ4n) is 2.44. The molecule has 0 spiro atoms. The third kappa shape index (κ3) is 5.52. The molecule has 0 bridgehead atoms. The smallest absolute Gasteiger partial charge is 0.416 e. The molecular formula is C18H13F3N4O4. The van der Waals surface area contributed by atoms with Crippen molar-refractivity contribution in [2.24, 2.45) is 0 Å². The fraction of sp³-hybridized carbons (Fsp3) is 0.167. The topological polar surface area (TPSA) is 132 Å². The largest absolute Gasteiger partial charge is 0.465 e. The number of carbonyl (C=O) groups is 3. The average Bonchev–Trinajstić information content (AvgIpc) is 2.62. The minimum absolute atomic E-state index is 0.0236. The maximum Gasteiger partial charge on any atom is 0.416 e. The van der Waals surface area contributed by atoms with Gasteiger partial charge in [-0.3, -0.25) is 14.9 Å². The second-order valence-corrected chi connectivity index (χ2v) is 5.83. The number of ketones is 1. The Kier molecular flexibility index (Phi) is 6.18. The van der Waals surface area contributed by atoms with Gasteiger partial charge in [0.25, 0.3) is 0 Å². The van der Waals surface area contributed by atoms with Crippen LogP contribution < -0.4 is 10.6 Å². The summed E-state index contributed by atoms with van der Waals surface area (Å²) < 4.78 is 39.4. The van der Waals surface area contributed by atoms with Crippen molar-refractivity contribution in [2.45, 2.75) is 19.5 Å². The zero-order valence-electron chi connectivity index (χ0n) is 14.8. The average molecular weight is 406 g/mol. The number of anilines is 2. The number of carbonyl (C=O) groups excluding carboxylic acids is 2. The van der Waals surface area contributed by atoms with Crippen LogP contribution in [0.3, 0.4) is 0 Å². The number of nitrogens with zero attached hydrogens (tertiary/aromatic N) is 2. The van der Waals surface area contributed by atoms with Crippen LogP contribution in [0, 0.1) is 18.3 Å². The van der Waals surface area contributed by atoms with Crippen molar-refractivity contribution in [3.63, 3.8) is 0 Å². The van der Waals surface area contributed by atoms with Crippen LogP contribution in [0.25, 0.3) is 0 Å². The lowest BCUT2D eigenvalue weighted by Crippen LogP contribution is -2.20. The third-order valence-corrected chi connectivity index (χ3v) is 3.70. The van der Waals surface area contributed by atoms with E-state index < -0.39 is 41.6 Å². The van der Waals surface area contributed by atoms with Crippen LogP contribution in [0.5, 0.6) is 0 Å². The number of carboxylic acid groups (broad SMARTS) is 1. The second kappa shape index (κ2) is 8.39. The first-order chi connectivity index (χ1) is 13.5. The zero-order chi connectivity index (χ0) is 21.8. The quantitative estimate of drug-likeness (QED) is 0.514. The van der Waals surface area contributed by atoms with Crippen LogP contribution in [0.1, 0.15) is 33.6 Å². The van der Waals surface area contributed by atoms with Crippen molar-refractivity contribution in [2.75, 3.05) is 10.6 Å². The van der Waals surface area contributed by atoms with E-state index in [2.05, 4.69) is 10.3 Å². The number of hydrogen-bond donors (Lipinski definition) is 3. The summed E-state index contributed by atoms with van der Waals surface area (Å²) in [6.45, 7) is 1.14. The molecule has 11 heteroatoms. The van der Waals surface area contributed by atoms with Gasteiger partial charge in [0.1, 0.15) is 11.8 Å². The van der Waals surface area contributed by atoms with Crippen LogP contribution >= 0.6 is 0 Å². The summed E-state index contributed by atoms with van der Waals surface area (Å²) in [5.41, 5.74) is -2.07. The number of amides is 2. The summed E-state index contributed by atoms with van der Waals surface area (Å²) >= 11 is 0. The van der Waals surface area contributed by atoms with E-state index >= 15 is 0 Å². The van der Waals surface area contributed by atoms with Gasteiger partial charge in [-0.1, -0.05) is 0 Å². The number of halogens is 3. The van der Waals surface area contributed by atoms with Gasteiger partial charge in [0, 0.05) is 11.8 Å².